The standard InChI is InChI=1S/C13H15FN4O3/c1-3-20-13(19)16-8(2)6-11-17-12(21-18-11)10-5-4-9(14)7-15-10/h4-5,7-8H,3,6H2,1-2H3,(H,16,19)/t8-/m0/s1. The molecule has 2 aromatic heterocycles. The molecule has 0 radical (unpaired) electrons. The quantitative estimate of drug-likeness (QED) is 0.906. The fourth-order valence-electron chi connectivity index (χ4n) is 1.64. The molecule has 2 heterocycles. The molecule has 0 aliphatic heterocycles. The van der Waals surface area contributed by atoms with Crippen molar-refractivity contribution in [3.05, 3.63) is 30.0 Å². The molecule has 0 fully saturated rings. The number of pyridine rings is 1. The van der Waals surface area contributed by atoms with E-state index in [0.29, 0.717) is 24.5 Å². The second-order valence-electron chi connectivity index (χ2n) is 4.35. The molecule has 0 aliphatic rings. The van der Waals surface area contributed by atoms with Crippen molar-refractivity contribution in [3.8, 4) is 11.6 Å². The number of halogens is 1. The van der Waals surface area contributed by atoms with Gasteiger partial charge in [0.15, 0.2) is 5.82 Å². The van der Waals surface area contributed by atoms with Crippen LogP contribution >= 0.6 is 0 Å². The lowest BCUT2D eigenvalue weighted by atomic mass is 10.2. The maximum Gasteiger partial charge on any atom is 0.407 e. The Bertz CT molecular complexity index is 600. The third-order valence-corrected chi connectivity index (χ3v) is 2.54. The van der Waals surface area contributed by atoms with Crippen LogP contribution in [0, 0.1) is 5.82 Å². The second-order valence-corrected chi connectivity index (χ2v) is 4.35. The van der Waals surface area contributed by atoms with Gasteiger partial charge >= 0.3 is 6.09 Å². The van der Waals surface area contributed by atoms with E-state index in [9.17, 15) is 9.18 Å². The number of alkyl carbamates (subject to hydrolysis) is 1. The minimum absolute atomic E-state index is 0.202. The van der Waals surface area contributed by atoms with Crippen LogP contribution in [0.2, 0.25) is 0 Å². The van der Waals surface area contributed by atoms with Crippen LogP contribution in [-0.4, -0.2) is 33.9 Å². The third kappa shape index (κ3) is 4.23. The van der Waals surface area contributed by atoms with Gasteiger partial charge in [0.05, 0.1) is 12.8 Å². The van der Waals surface area contributed by atoms with Gasteiger partial charge in [0.2, 0.25) is 0 Å². The summed E-state index contributed by atoms with van der Waals surface area (Å²) >= 11 is 0. The minimum Gasteiger partial charge on any atom is -0.450 e. The van der Waals surface area contributed by atoms with E-state index in [0.717, 1.165) is 6.20 Å². The predicted molar refractivity (Wildman–Crippen MR) is 70.8 cm³/mol. The summed E-state index contributed by atoms with van der Waals surface area (Å²) in [4.78, 5) is 19.3. The van der Waals surface area contributed by atoms with Gasteiger partial charge < -0.3 is 14.6 Å². The average Bonchev–Trinajstić information content (AvgIpc) is 2.88. The fraction of sp³-hybridized carbons (Fsp3) is 0.385. The number of hydrogen-bond donors (Lipinski definition) is 1. The molecule has 21 heavy (non-hydrogen) atoms. The molecule has 8 heteroatoms. The van der Waals surface area contributed by atoms with Crippen molar-refractivity contribution in [1.82, 2.24) is 20.4 Å². The highest BCUT2D eigenvalue weighted by Gasteiger charge is 2.14. The highest BCUT2D eigenvalue weighted by atomic mass is 19.1. The molecular formula is C13H15FN4O3. The Balaban J connectivity index is 1.96. The van der Waals surface area contributed by atoms with Crippen molar-refractivity contribution in [2.75, 3.05) is 6.61 Å². The number of nitrogens with one attached hydrogen (secondary N) is 1. The molecule has 0 bridgehead atoms. The number of amides is 1. The van der Waals surface area contributed by atoms with E-state index in [2.05, 4.69) is 20.4 Å². The molecule has 0 aromatic carbocycles. The van der Waals surface area contributed by atoms with Gasteiger partial charge in [-0.05, 0) is 26.0 Å². The molecule has 0 saturated carbocycles. The Morgan fingerprint density at radius 1 is 1.52 bits per heavy atom. The van der Waals surface area contributed by atoms with Gasteiger partial charge in [-0.25, -0.2) is 14.2 Å². The van der Waals surface area contributed by atoms with Gasteiger partial charge in [-0.15, -0.1) is 0 Å². The van der Waals surface area contributed by atoms with E-state index in [4.69, 9.17) is 9.26 Å². The Hall–Kier alpha value is -2.51. The van der Waals surface area contributed by atoms with E-state index in [1.807, 2.05) is 0 Å². The van der Waals surface area contributed by atoms with Crippen LogP contribution in [0.1, 0.15) is 19.7 Å². The molecule has 112 valence electrons. The van der Waals surface area contributed by atoms with Crippen LogP contribution in [0.15, 0.2) is 22.9 Å². The van der Waals surface area contributed by atoms with E-state index >= 15 is 0 Å². The molecule has 1 N–H and O–H groups in total. The topological polar surface area (TPSA) is 90.1 Å². The van der Waals surface area contributed by atoms with Crippen LogP contribution in [-0.2, 0) is 11.2 Å². The summed E-state index contributed by atoms with van der Waals surface area (Å²) < 4.78 is 22.6. The first-order chi connectivity index (χ1) is 10.1. The van der Waals surface area contributed by atoms with Gasteiger partial charge in [0.25, 0.3) is 5.89 Å². The normalized spacial score (nSPS) is 12.0. The molecule has 1 atom stereocenters. The number of carbonyl (C=O) groups excluding carboxylic acids is 1. The lowest BCUT2D eigenvalue weighted by Gasteiger charge is -2.10. The fourth-order valence-corrected chi connectivity index (χ4v) is 1.64. The van der Waals surface area contributed by atoms with Crippen molar-refractivity contribution in [3.63, 3.8) is 0 Å². The second kappa shape index (κ2) is 6.78. The highest BCUT2D eigenvalue weighted by Crippen LogP contribution is 2.14. The van der Waals surface area contributed by atoms with Crippen molar-refractivity contribution in [1.29, 1.82) is 0 Å². The molecule has 2 aromatic rings. The third-order valence-electron chi connectivity index (χ3n) is 2.54. The van der Waals surface area contributed by atoms with Gasteiger partial charge in [0.1, 0.15) is 11.5 Å². The van der Waals surface area contributed by atoms with E-state index < -0.39 is 11.9 Å². The molecule has 2 rings (SSSR count). The van der Waals surface area contributed by atoms with Crippen LogP contribution in [0.4, 0.5) is 9.18 Å². The Kier molecular flexibility index (Phi) is 4.81. The van der Waals surface area contributed by atoms with Crippen molar-refractivity contribution in [2.45, 2.75) is 26.3 Å². The van der Waals surface area contributed by atoms with Crippen LogP contribution in [0.3, 0.4) is 0 Å². The van der Waals surface area contributed by atoms with E-state index in [1.54, 1.807) is 13.8 Å². The summed E-state index contributed by atoms with van der Waals surface area (Å²) in [5, 5.41) is 6.43. The molecule has 0 aliphatic carbocycles. The van der Waals surface area contributed by atoms with E-state index in [1.165, 1.54) is 12.1 Å². The average molecular weight is 294 g/mol. The monoisotopic (exact) mass is 294 g/mol. The molecule has 0 spiro atoms. The Morgan fingerprint density at radius 2 is 2.33 bits per heavy atom. The summed E-state index contributed by atoms with van der Waals surface area (Å²) in [6.07, 6.45) is 0.960. The first kappa shape index (κ1) is 14.9. The zero-order valence-corrected chi connectivity index (χ0v) is 11.7. The Labute approximate surface area is 120 Å². The van der Waals surface area contributed by atoms with Crippen LogP contribution in [0.5, 0.6) is 0 Å². The molecule has 0 saturated heterocycles. The minimum atomic E-state index is -0.492. The predicted octanol–water partition coefficient (Wildman–Crippen LogP) is 1.95. The summed E-state index contributed by atoms with van der Waals surface area (Å²) in [5.74, 6) is 0.180. The summed E-state index contributed by atoms with van der Waals surface area (Å²) in [7, 11) is 0. The van der Waals surface area contributed by atoms with Gasteiger partial charge in [-0.3, -0.25) is 0 Å². The molecular weight excluding hydrogens is 279 g/mol. The number of rotatable bonds is 5. The van der Waals surface area contributed by atoms with Gasteiger partial charge in [-0.1, -0.05) is 5.16 Å². The van der Waals surface area contributed by atoms with Gasteiger partial charge in [-0.2, -0.15) is 4.98 Å². The smallest absolute Gasteiger partial charge is 0.407 e. The molecule has 1 amide bonds. The zero-order valence-electron chi connectivity index (χ0n) is 11.7. The number of carbonyl (C=O) groups is 1. The summed E-state index contributed by atoms with van der Waals surface area (Å²) in [6.45, 7) is 3.83. The Morgan fingerprint density at radius 3 is 3.00 bits per heavy atom. The first-order valence-electron chi connectivity index (χ1n) is 6.46. The summed E-state index contributed by atoms with van der Waals surface area (Å²) in [5.41, 5.74) is 0.390. The molecule has 0 unspecified atom stereocenters. The van der Waals surface area contributed by atoms with Crippen LogP contribution in [0.25, 0.3) is 11.6 Å². The lowest BCUT2D eigenvalue weighted by Crippen LogP contribution is -2.34. The highest BCUT2D eigenvalue weighted by molar-refractivity contribution is 5.67. The number of ether oxygens (including phenoxy) is 1. The van der Waals surface area contributed by atoms with Crippen molar-refractivity contribution < 1.29 is 18.4 Å². The van der Waals surface area contributed by atoms with Crippen LogP contribution < -0.4 is 5.32 Å². The summed E-state index contributed by atoms with van der Waals surface area (Å²) in [6, 6.07) is 2.50. The first-order valence-corrected chi connectivity index (χ1v) is 6.46. The SMILES string of the molecule is CCOC(=O)N[C@@H](C)Cc1noc(-c2ccc(F)cn2)n1. The van der Waals surface area contributed by atoms with Gasteiger partial charge in [0, 0.05) is 12.5 Å². The lowest BCUT2D eigenvalue weighted by molar-refractivity contribution is 0.148. The number of nitrogens with zero attached hydrogens (tertiary/aromatic N) is 3. The zero-order chi connectivity index (χ0) is 15.2. The van der Waals surface area contributed by atoms with Crippen molar-refractivity contribution >= 4 is 6.09 Å². The number of hydrogen-bond acceptors (Lipinski definition) is 6. The molecule has 7 nitrogen and oxygen atoms in total. The number of aromatic nitrogens is 3. The van der Waals surface area contributed by atoms with E-state index in [-0.39, 0.29) is 11.9 Å². The largest absolute Gasteiger partial charge is 0.450 e. The maximum atomic E-state index is 12.8. The maximum absolute atomic E-state index is 12.8. The van der Waals surface area contributed by atoms with Crippen molar-refractivity contribution in [2.24, 2.45) is 0 Å².